The van der Waals surface area contributed by atoms with Crippen molar-refractivity contribution in [2.24, 2.45) is 17.8 Å². The lowest BCUT2D eigenvalue weighted by Crippen LogP contribution is -2.57. The molecule has 0 aromatic carbocycles. The van der Waals surface area contributed by atoms with Crippen LogP contribution in [-0.2, 0) is 0 Å². The third-order valence-electron chi connectivity index (χ3n) is 6.30. The third-order valence-corrected chi connectivity index (χ3v) is 6.30. The summed E-state index contributed by atoms with van der Waals surface area (Å²) in [5.74, 6) is 2.64. The molecule has 2 N–H and O–H groups in total. The van der Waals surface area contributed by atoms with Crippen LogP contribution >= 0.6 is 0 Å². The van der Waals surface area contributed by atoms with Crippen molar-refractivity contribution >= 4 is 0 Å². The highest BCUT2D eigenvalue weighted by Gasteiger charge is 2.37. The summed E-state index contributed by atoms with van der Waals surface area (Å²) in [4.78, 5) is 2.78. The number of aliphatic hydroxyl groups is 1. The number of likely N-dealkylation sites (tertiary alicyclic amines) is 1. The van der Waals surface area contributed by atoms with Gasteiger partial charge in [0.1, 0.15) is 0 Å². The third kappa shape index (κ3) is 4.00. The highest BCUT2D eigenvalue weighted by Crippen LogP contribution is 2.35. The number of nitrogens with zero attached hydrogens (tertiary/aromatic N) is 1. The lowest BCUT2D eigenvalue weighted by molar-refractivity contribution is 0.0188. The van der Waals surface area contributed by atoms with Crippen LogP contribution in [0.2, 0.25) is 0 Å². The molecular weight excluding hydrogens is 260 g/mol. The molecule has 1 saturated heterocycles. The Morgan fingerprint density at radius 2 is 1.95 bits per heavy atom. The summed E-state index contributed by atoms with van der Waals surface area (Å²) in [6.07, 6.45) is 10.7. The maximum absolute atomic E-state index is 9.12. The monoisotopic (exact) mass is 294 g/mol. The van der Waals surface area contributed by atoms with Gasteiger partial charge in [0.05, 0.1) is 0 Å². The molecule has 3 aliphatic rings. The van der Waals surface area contributed by atoms with E-state index in [0.717, 1.165) is 30.2 Å². The van der Waals surface area contributed by atoms with Crippen molar-refractivity contribution in [1.29, 1.82) is 0 Å². The van der Waals surface area contributed by atoms with E-state index in [1.807, 2.05) is 0 Å². The second-order valence-corrected chi connectivity index (χ2v) is 7.95. The SMILES string of the molecule is CC1CCC1N1CC(CCCO)CC(NCC2CCC2)C1. The van der Waals surface area contributed by atoms with Gasteiger partial charge in [0.2, 0.25) is 0 Å². The average Bonchev–Trinajstić information content (AvgIpc) is 2.41. The Bertz CT molecular complexity index is 318. The summed E-state index contributed by atoms with van der Waals surface area (Å²) >= 11 is 0. The van der Waals surface area contributed by atoms with Gasteiger partial charge in [0, 0.05) is 31.8 Å². The van der Waals surface area contributed by atoms with Gasteiger partial charge in [-0.2, -0.15) is 0 Å². The normalized spacial score (nSPS) is 38.0. The predicted octanol–water partition coefficient (Wildman–Crippen LogP) is 2.64. The van der Waals surface area contributed by atoms with Gasteiger partial charge in [-0.15, -0.1) is 0 Å². The van der Waals surface area contributed by atoms with E-state index in [4.69, 9.17) is 5.11 Å². The molecule has 0 bridgehead atoms. The Labute approximate surface area is 130 Å². The number of piperidine rings is 1. The van der Waals surface area contributed by atoms with E-state index in [1.54, 1.807) is 0 Å². The minimum Gasteiger partial charge on any atom is -0.396 e. The second-order valence-electron chi connectivity index (χ2n) is 7.95. The lowest BCUT2D eigenvalue weighted by Gasteiger charge is -2.49. The standard InChI is InChI=1S/C18H34N2O/c1-14-7-8-18(14)20-12-16(6-3-9-21)10-17(13-20)19-11-15-4-2-5-15/h14-19,21H,2-13H2,1H3. The average molecular weight is 294 g/mol. The van der Waals surface area contributed by atoms with Gasteiger partial charge in [-0.05, 0) is 69.2 Å². The van der Waals surface area contributed by atoms with Crippen molar-refractivity contribution in [2.75, 3.05) is 26.2 Å². The van der Waals surface area contributed by atoms with Crippen LogP contribution in [0.15, 0.2) is 0 Å². The fourth-order valence-electron chi connectivity index (χ4n) is 4.47. The van der Waals surface area contributed by atoms with Crippen LogP contribution in [0.1, 0.15) is 58.3 Å². The number of aliphatic hydroxyl groups excluding tert-OH is 1. The van der Waals surface area contributed by atoms with Gasteiger partial charge in [0.25, 0.3) is 0 Å². The number of hydrogen-bond acceptors (Lipinski definition) is 3. The molecule has 4 unspecified atom stereocenters. The molecule has 2 saturated carbocycles. The summed E-state index contributed by atoms with van der Waals surface area (Å²) in [7, 11) is 0. The molecule has 2 aliphatic carbocycles. The molecule has 0 spiro atoms. The van der Waals surface area contributed by atoms with Gasteiger partial charge >= 0.3 is 0 Å². The summed E-state index contributed by atoms with van der Waals surface area (Å²) in [6.45, 7) is 6.55. The van der Waals surface area contributed by atoms with Crippen LogP contribution in [0.4, 0.5) is 0 Å². The summed E-state index contributed by atoms with van der Waals surface area (Å²) in [5, 5.41) is 13.0. The van der Waals surface area contributed by atoms with Crippen LogP contribution in [0.25, 0.3) is 0 Å². The Morgan fingerprint density at radius 3 is 2.52 bits per heavy atom. The van der Waals surface area contributed by atoms with Crippen LogP contribution in [0, 0.1) is 17.8 Å². The van der Waals surface area contributed by atoms with E-state index >= 15 is 0 Å². The van der Waals surface area contributed by atoms with Crippen LogP contribution < -0.4 is 5.32 Å². The van der Waals surface area contributed by atoms with E-state index in [9.17, 15) is 0 Å². The van der Waals surface area contributed by atoms with E-state index in [1.165, 1.54) is 64.6 Å². The quantitative estimate of drug-likeness (QED) is 0.758. The molecule has 21 heavy (non-hydrogen) atoms. The maximum Gasteiger partial charge on any atom is 0.0431 e. The number of rotatable bonds is 7. The molecule has 0 amide bonds. The van der Waals surface area contributed by atoms with Gasteiger partial charge < -0.3 is 10.4 Å². The predicted molar refractivity (Wildman–Crippen MR) is 87.3 cm³/mol. The first-order valence-corrected chi connectivity index (χ1v) is 9.34. The van der Waals surface area contributed by atoms with E-state index in [0.29, 0.717) is 12.6 Å². The summed E-state index contributed by atoms with van der Waals surface area (Å²) in [5.41, 5.74) is 0. The molecule has 0 radical (unpaired) electrons. The number of hydrogen-bond donors (Lipinski definition) is 2. The zero-order valence-corrected chi connectivity index (χ0v) is 13.8. The Balaban J connectivity index is 1.51. The molecular formula is C18H34N2O. The zero-order chi connectivity index (χ0) is 14.7. The van der Waals surface area contributed by atoms with Crippen molar-refractivity contribution in [1.82, 2.24) is 10.2 Å². The van der Waals surface area contributed by atoms with Crippen LogP contribution in [-0.4, -0.2) is 48.3 Å². The zero-order valence-electron chi connectivity index (χ0n) is 13.8. The molecule has 3 nitrogen and oxygen atoms in total. The van der Waals surface area contributed by atoms with Crippen LogP contribution in [0.5, 0.6) is 0 Å². The van der Waals surface area contributed by atoms with Crippen molar-refractivity contribution in [3.05, 3.63) is 0 Å². The summed E-state index contributed by atoms with van der Waals surface area (Å²) in [6, 6.07) is 1.53. The smallest absolute Gasteiger partial charge is 0.0431 e. The lowest BCUT2D eigenvalue weighted by atomic mass is 9.77. The highest BCUT2D eigenvalue weighted by atomic mass is 16.2. The Morgan fingerprint density at radius 1 is 1.10 bits per heavy atom. The molecule has 3 heteroatoms. The van der Waals surface area contributed by atoms with E-state index in [-0.39, 0.29) is 0 Å². The molecule has 1 aliphatic heterocycles. The van der Waals surface area contributed by atoms with Gasteiger partial charge in [-0.25, -0.2) is 0 Å². The van der Waals surface area contributed by atoms with E-state index < -0.39 is 0 Å². The Kier molecular flexibility index (Phi) is 5.58. The van der Waals surface area contributed by atoms with Crippen molar-refractivity contribution in [3.8, 4) is 0 Å². The van der Waals surface area contributed by atoms with Crippen molar-refractivity contribution in [2.45, 2.75) is 70.4 Å². The fourth-order valence-corrected chi connectivity index (χ4v) is 4.47. The first kappa shape index (κ1) is 15.8. The fraction of sp³-hybridized carbons (Fsp3) is 1.00. The molecule has 3 fully saturated rings. The summed E-state index contributed by atoms with van der Waals surface area (Å²) < 4.78 is 0. The molecule has 3 rings (SSSR count). The molecule has 0 aromatic heterocycles. The van der Waals surface area contributed by atoms with Crippen molar-refractivity contribution < 1.29 is 5.11 Å². The number of nitrogens with one attached hydrogen (secondary N) is 1. The van der Waals surface area contributed by atoms with E-state index in [2.05, 4.69) is 17.1 Å². The van der Waals surface area contributed by atoms with Crippen LogP contribution in [0.3, 0.4) is 0 Å². The molecule has 4 atom stereocenters. The van der Waals surface area contributed by atoms with Gasteiger partial charge in [-0.1, -0.05) is 13.3 Å². The molecule has 1 heterocycles. The topological polar surface area (TPSA) is 35.5 Å². The minimum absolute atomic E-state index is 0.358. The molecule has 0 aromatic rings. The molecule has 122 valence electrons. The van der Waals surface area contributed by atoms with Gasteiger partial charge in [0.15, 0.2) is 0 Å². The van der Waals surface area contributed by atoms with Gasteiger partial charge in [-0.3, -0.25) is 4.90 Å². The maximum atomic E-state index is 9.12. The minimum atomic E-state index is 0.358. The largest absolute Gasteiger partial charge is 0.396 e. The van der Waals surface area contributed by atoms with Crippen molar-refractivity contribution in [3.63, 3.8) is 0 Å². The first-order valence-electron chi connectivity index (χ1n) is 9.34. The first-order chi connectivity index (χ1) is 10.3. The Hall–Kier alpha value is -0.120. The second kappa shape index (κ2) is 7.43. The highest BCUT2D eigenvalue weighted by molar-refractivity contribution is 4.93.